The topological polar surface area (TPSA) is 96.6 Å². The Bertz CT molecular complexity index is 719. The quantitative estimate of drug-likeness (QED) is 0.513. The number of hydrogen-bond donors (Lipinski definition) is 2. The summed E-state index contributed by atoms with van der Waals surface area (Å²) < 4.78 is 0. The zero-order valence-electron chi connectivity index (χ0n) is 11.2. The molecule has 0 saturated carbocycles. The molecule has 0 unspecified atom stereocenters. The summed E-state index contributed by atoms with van der Waals surface area (Å²) in [5, 5.41) is 17.1. The highest BCUT2D eigenvalue weighted by Crippen LogP contribution is 2.24. The molecule has 0 aliphatic rings. The largest absolute Gasteiger partial charge is 0.339 e. The molecule has 7 nitrogen and oxygen atoms in total. The summed E-state index contributed by atoms with van der Waals surface area (Å²) in [5.41, 5.74) is 3.10. The number of nitro benzene ring substituents is 1. The third kappa shape index (κ3) is 4.29. The van der Waals surface area contributed by atoms with Crippen LogP contribution in [0.15, 0.2) is 53.6 Å². The van der Waals surface area contributed by atoms with E-state index in [0.717, 1.165) is 0 Å². The standard InChI is InChI=1S/C14H11ClN4O3/c15-12-7-6-10(8-13(12)19(21)22)9-16-18-14(20)17-11-4-2-1-3-5-11/h1-9H,(H2,17,18,20)/b16-9-. The average Bonchev–Trinajstić information content (AvgIpc) is 2.49. The van der Waals surface area contributed by atoms with Crippen molar-refractivity contribution in [2.45, 2.75) is 0 Å². The highest BCUT2D eigenvalue weighted by Gasteiger charge is 2.11. The van der Waals surface area contributed by atoms with Gasteiger partial charge in [0.15, 0.2) is 0 Å². The second-order valence-corrected chi connectivity index (χ2v) is 4.57. The van der Waals surface area contributed by atoms with Gasteiger partial charge in [0.05, 0.1) is 11.1 Å². The van der Waals surface area contributed by atoms with Gasteiger partial charge < -0.3 is 5.32 Å². The van der Waals surface area contributed by atoms with E-state index in [4.69, 9.17) is 11.6 Å². The molecule has 0 fully saturated rings. The van der Waals surface area contributed by atoms with E-state index >= 15 is 0 Å². The van der Waals surface area contributed by atoms with Crippen LogP contribution in [0.3, 0.4) is 0 Å². The first kappa shape index (κ1) is 15.5. The van der Waals surface area contributed by atoms with E-state index in [9.17, 15) is 14.9 Å². The van der Waals surface area contributed by atoms with Crippen LogP contribution in [0, 0.1) is 10.1 Å². The van der Waals surface area contributed by atoms with Gasteiger partial charge in [-0.2, -0.15) is 5.10 Å². The first-order valence-electron chi connectivity index (χ1n) is 6.15. The lowest BCUT2D eigenvalue weighted by atomic mass is 10.2. The van der Waals surface area contributed by atoms with Gasteiger partial charge in [-0.05, 0) is 18.2 Å². The number of urea groups is 1. The summed E-state index contributed by atoms with van der Waals surface area (Å²) in [6.07, 6.45) is 1.29. The molecule has 2 aromatic carbocycles. The zero-order chi connectivity index (χ0) is 15.9. The van der Waals surface area contributed by atoms with Crippen LogP contribution in [0.4, 0.5) is 16.2 Å². The Morgan fingerprint density at radius 1 is 1.23 bits per heavy atom. The Morgan fingerprint density at radius 3 is 2.64 bits per heavy atom. The predicted molar refractivity (Wildman–Crippen MR) is 84.3 cm³/mol. The molecule has 0 atom stereocenters. The van der Waals surface area contributed by atoms with Crippen molar-refractivity contribution in [1.29, 1.82) is 0 Å². The lowest BCUT2D eigenvalue weighted by Crippen LogP contribution is -2.24. The van der Waals surface area contributed by atoms with E-state index in [1.807, 2.05) is 6.07 Å². The first-order valence-corrected chi connectivity index (χ1v) is 6.53. The Morgan fingerprint density at radius 2 is 1.95 bits per heavy atom. The van der Waals surface area contributed by atoms with Crippen molar-refractivity contribution >= 4 is 35.2 Å². The van der Waals surface area contributed by atoms with Gasteiger partial charge in [-0.25, -0.2) is 10.2 Å². The molecule has 0 aliphatic carbocycles. The number of hydrogen-bond acceptors (Lipinski definition) is 4. The fourth-order valence-corrected chi connectivity index (χ4v) is 1.78. The number of nitrogens with zero attached hydrogens (tertiary/aromatic N) is 2. The first-order chi connectivity index (χ1) is 10.6. The van der Waals surface area contributed by atoms with Gasteiger partial charge in [0.25, 0.3) is 5.69 Å². The predicted octanol–water partition coefficient (Wildman–Crippen LogP) is 3.40. The second kappa shape index (κ2) is 7.19. The number of nitrogens with one attached hydrogen (secondary N) is 2. The molecule has 112 valence electrons. The van der Waals surface area contributed by atoms with Crippen LogP contribution < -0.4 is 10.7 Å². The maximum Gasteiger partial charge on any atom is 0.339 e. The second-order valence-electron chi connectivity index (χ2n) is 4.16. The summed E-state index contributed by atoms with van der Waals surface area (Å²) in [6.45, 7) is 0. The lowest BCUT2D eigenvalue weighted by molar-refractivity contribution is -0.384. The number of carbonyl (C=O) groups is 1. The van der Waals surface area contributed by atoms with Crippen molar-refractivity contribution in [3.8, 4) is 0 Å². The van der Waals surface area contributed by atoms with Gasteiger partial charge in [0.1, 0.15) is 5.02 Å². The third-order valence-electron chi connectivity index (χ3n) is 2.58. The van der Waals surface area contributed by atoms with Gasteiger partial charge in [-0.1, -0.05) is 35.9 Å². The minimum Gasteiger partial charge on any atom is -0.307 e. The summed E-state index contributed by atoms with van der Waals surface area (Å²) >= 11 is 5.70. The highest BCUT2D eigenvalue weighted by molar-refractivity contribution is 6.32. The molecule has 0 spiro atoms. The van der Waals surface area contributed by atoms with Crippen molar-refractivity contribution < 1.29 is 9.72 Å². The monoisotopic (exact) mass is 318 g/mol. The summed E-state index contributed by atoms with van der Waals surface area (Å²) in [5.74, 6) is 0. The van der Waals surface area contributed by atoms with Crippen LogP contribution >= 0.6 is 11.6 Å². The maximum atomic E-state index is 11.6. The van der Waals surface area contributed by atoms with E-state index in [0.29, 0.717) is 11.3 Å². The highest BCUT2D eigenvalue weighted by atomic mass is 35.5. The number of carbonyl (C=O) groups excluding carboxylic acids is 1. The fourth-order valence-electron chi connectivity index (χ4n) is 1.60. The van der Waals surface area contributed by atoms with E-state index < -0.39 is 11.0 Å². The molecule has 0 radical (unpaired) electrons. The third-order valence-corrected chi connectivity index (χ3v) is 2.90. The Balaban J connectivity index is 1.96. The van der Waals surface area contributed by atoms with Crippen molar-refractivity contribution in [2.24, 2.45) is 5.10 Å². The Labute approximate surface area is 130 Å². The zero-order valence-corrected chi connectivity index (χ0v) is 11.9. The SMILES string of the molecule is O=C(N/N=C\c1ccc(Cl)c([N+](=O)[O-])c1)Nc1ccccc1. The van der Waals surface area contributed by atoms with Gasteiger partial charge in [-0.3, -0.25) is 10.1 Å². The Hall–Kier alpha value is -2.93. The summed E-state index contributed by atoms with van der Waals surface area (Å²) in [7, 11) is 0. The molecule has 0 saturated heterocycles. The lowest BCUT2D eigenvalue weighted by Gasteiger charge is -2.03. The van der Waals surface area contributed by atoms with Gasteiger partial charge in [0, 0.05) is 17.3 Å². The molecular weight excluding hydrogens is 308 g/mol. The number of benzene rings is 2. The van der Waals surface area contributed by atoms with Crippen molar-refractivity contribution in [3.05, 3.63) is 69.2 Å². The molecule has 0 aromatic heterocycles. The molecule has 2 N–H and O–H groups in total. The summed E-state index contributed by atoms with van der Waals surface area (Å²) in [4.78, 5) is 21.7. The van der Waals surface area contributed by atoms with Gasteiger partial charge in [0.2, 0.25) is 0 Å². The van der Waals surface area contributed by atoms with Crippen molar-refractivity contribution in [2.75, 3.05) is 5.32 Å². The number of halogens is 1. The van der Waals surface area contributed by atoms with E-state index in [1.165, 1.54) is 18.3 Å². The van der Waals surface area contributed by atoms with Crippen LogP contribution in [0.5, 0.6) is 0 Å². The molecule has 0 heterocycles. The minimum absolute atomic E-state index is 0.0388. The number of rotatable bonds is 4. The van der Waals surface area contributed by atoms with Crippen LogP contribution in [-0.4, -0.2) is 17.2 Å². The van der Waals surface area contributed by atoms with Gasteiger partial charge in [-0.15, -0.1) is 0 Å². The number of hydrazone groups is 1. The van der Waals surface area contributed by atoms with Crippen molar-refractivity contribution in [3.63, 3.8) is 0 Å². The molecule has 0 bridgehead atoms. The number of nitro groups is 1. The van der Waals surface area contributed by atoms with E-state index in [-0.39, 0.29) is 10.7 Å². The fraction of sp³-hybridized carbons (Fsp3) is 0. The number of para-hydroxylation sites is 1. The van der Waals surface area contributed by atoms with E-state index in [1.54, 1.807) is 30.3 Å². The molecule has 2 aromatic rings. The molecule has 2 rings (SSSR count). The van der Waals surface area contributed by atoms with Crippen molar-refractivity contribution in [1.82, 2.24) is 5.43 Å². The smallest absolute Gasteiger partial charge is 0.307 e. The van der Waals surface area contributed by atoms with Crippen LogP contribution in [0.25, 0.3) is 0 Å². The molecule has 0 aliphatic heterocycles. The molecule has 8 heteroatoms. The minimum atomic E-state index is -0.588. The summed E-state index contributed by atoms with van der Waals surface area (Å²) in [6, 6.07) is 12.5. The average molecular weight is 319 g/mol. The van der Waals surface area contributed by atoms with Gasteiger partial charge >= 0.3 is 6.03 Å². The van der Waals surface area contributed by atoms with Crippen LogP contribution in [0.1, 0.15) is 5.56 Å². The number of anilines is 1. The molecule has 22 heavy (non-hydrogen) atoms. The maximum absolute atomic E-state index is 11.6. The molecule has 2 amide bonds. The molecular formula is C14H11ClN4O3. The Kier molecular flexibility index (Phi) is 5.05. The van der Waals surface area contributed by atoms with Crippen LogP contribution in [-0.2, 0) is 0 Å². The van der Waals surface area contributed by atoms with Crippen LogP contribution in [0.2, 0.25) is 5.02 Å². The normalized spacial score (nSPS) is 10.4. The van der Waals surface area contributed by atoms with E-state index in [2.05, 4.69) is 15.8 Å². The number of amides is 2.